The quantitative estimate of drug-likeness (QED) is 0.344. The number of nitrogens with zero attached hydrogens (tertiary/aromatic N) is 3. The Morgan fingerprint density at radius 3 is 2.58 bits per heavy atom. The number of aliphatic hydroxyl groups excluding tert-OH is 1. The summed E-state index contributed by atoms with van der Waals surface area (Å²) in [5.74, 6) is 1.33. The molecule has 33 heavy (non-hydrogen) atoms. The molecular weight excluding hydrogens is 438 g/mol. The lowest BCUT2D eigenvalue weighted by Gasteiger charge is -2.25. The first kappa shape index (κ1) is 25.0. The number of rotatable bonds is 13. The number of benzene rings is 2. The molecule has 1 heterocycles. The van der Waals surface area contributed by atoms with E-state index < -0.39 is 6.10 Å². The van der Waals surface area contributed by atoms with Crippen molar-refractivity contribution in [1.29, 1.82) is 0 Å². The van der Waals surface area contributed by atoms with Crippen LogP contribution in [0.25, 0.3) is 11.3 Å². The molecule has 176 valence electrons. The number of hydrogen-bond donors (Lipinski definition) is 1. The number of halogens is 1. The van der Waals surface area contributed by atoms with Crippen molar-refractivity contribution in [2.24, 2.45) is 7.05 Å². The Hall–Kier alpha value is -2.64. The van der Waals surface area contributed by atoms with Crippen LogP contribution in [0.4, 0.5) is 0 Å². The summed E-state index contributed by atoms with van der Waals surface area (Å²) in [7, 11) is 3.56. The third kappa shape index (κ3) is 7.17. The maximum absolute atomic E-state index is 10.6. The first-order chi connectivity index (χ1) is 16.0. The Bertz CT molecular complexity index is 1010. The van der Waals surface area contributed by atoms with Crippen LogP contribution >= 0.6 is 11.6 Å². The maximum atomic E-state index is 10.6. The van der Waals surface area contributed by atoms with Crippen LogP contribution in [0.15, 0.2) is 67.3 Å². The second-order valence-corrected chi connectivity index (χ2v) is 8.36. The smallest absolute Gasteiger partial charge is 0.222 e. The van der Waals surface area contributed by atoms with Gasteiger partial charge in [0.25, 0.3) is 0 Å². The largest absolute Gasteiger partial charge is 0.439 e. The number of hydrogen-bond acceptors (Lipinski definition) is 5. The third-order valence-corrected chi connectivity index (χ3v) is 5.58. The summed E-state index contributed by atoms with van der Waals surface area (Å²) in [4.78, 5) is 2.18. The van der Waals surface area contributed by atoms with E-state index in [9.17, 15) is 5.11 Å². The highest BCUT2D eigenvalue weighted by Gasteiger charge is 2.23. The van der Waals surface area contributed by atoms with E-state index in [0.717, 1.165) is 23.2 Å². The Morgan fingerprint density at radius 2 is 1.91 bits per heavy atom. The fraction of sp³-hybridized carbons (Fsp3) is 0.346. The van der Waals surface area contributed by atoms with E-state index >= 15 is 0 Å². The fourth-order valence-corrected chi connectivity index (χ4v) is 3.77. The van der Waals surface area contributed by atoms with Crippen LogP contribution in [-0.2, 0) is 18.3 Å². The average molecular weight is 470 g/mol. The Labute approximate surface area is 201 Å². The van der Waals surface area contributed by atoms with E-state index in [-0.39, 0.29) is 0 Å². The normalized spacial score (nSPS) is 12.2. The van der Waals surface area contributed by atoms with Crippen molar-refractivity contribution in [3.8, 4) is 22.9 Å². The summed E-state index contributed by atoms with van der Waals surface area (Å²) in [6, 6.07) is 17.3. The molecule has 0 amide bonds. The predicted octanol–water partition coefficient (Wildman–Crippen LogP) is 5.31. The van der Waals surface area contributed by atoms with Gasteiger partial charge < -0.3 is 14.6 Å². The van der Waals surface area contributed by atoms with E-state index in [1.807, 2.05) is 55.6 Å². The lowest BCUT2D eigenvalue weighted by atomic mass is 10.1. The summed E-state index contributed by atoms with van der Waals surface area (Å²) in [5, 5.41) is 16.0. The molecule has 0 saturated carbocycles. The molecule has 0 bridgehead atoms. The molecular formula is C26H32ClN3O3. The Morgan fingerprint density at radius 1 is 1.18 bits per heavy atom. The molecule has 0 aliphatic rings. The second-order valence-electron chi connectivity index (χ2n) is 7.93. The first-order valence-electron chi connectivity index (χ1n) is 11.1. The Balaban J connectivity index is 1.96. The van der Waals surface area contributed by atoms with Gasteiger partial charge in [-0.05, 0) is 37.1 Å². The minimum atomic E-state index is -0.461. The molecule has 3 rings (SSSR count). The SMILES string of the molecule is C=CCC[C@@H](O)CN(CCOC)Cc1c(-c2ccccc2)nn(C)c1Oc1ccc(Cl)cc1. The van der Waals surface area contributed by atoms with Crippen LogP contribution in [0.5, 0.6) is 11.6 Å². The zero-order valence-electron chi connectivity index (χ0n) is 19.3. The number of aryl methyl sites for hydroxylation is 1. The number of aromatic nitrogens is 2. The van der Waals surface area contributed by atoms with Crippen molar-refractivity contribution < 1.29 is 14.6 Å². The van der Waals surface area contributed by atoms with E-state index in [0.29, 0.717) is 49.3 Å². The molecule has 1 atom stereocenters. The van der Waals surface area contributed by atoms with E-state index in [2.05, 4.69) is 11.5 Å². The van der Waals surface area contributed by atoms with E-state index in [1.165, 1.54) is 0 Å². The highest BCUT2D eigenvalue weighted by molar-refractivity contribution is 6.30. The fourth-order valence-electron chi connectivity index (χ4n) is 3.64. The first-order valence-corrected chi connectivity index (χ1v) is 11.4. The van der Waals surface area contributed by atoms with E-state index in [1.54, 1.807) is 23.9 Å². The van der Waals surface area contributed by atoms with Gasteiger partial charge in [-0.3, -0.25) is 4.90 Å². The molecule has 0 unspecified atom stereocenters. The summed E-state index contributed by atoms with van der Waals surface area (Å²) in [6.45, 7) is 6.05. The molecule has 0 aliphatic carbocycles. The van der Waals surface area contributed by atoms with Gasteiger partial charge in [-0.2, -0.15) is 5.10 Å². The summed E-state index contributed by atoms with van der Waals surface area (Å²) >= 11 is 6.04. The zero-order chi connectivity index (χ0) is 23.6. The number of ether oxygens (including phenoxy) is 2. The predicted molar refractivity (Wildman–Crippen MR) is 133 cm³/mol. The molecule has 2 aromatic carbocycles. The van der Waals surface area contributed by atoms with Crippen LogP contribution in [0.3, 0.4) is 0 Å². The standard InChI is InChI=1S/C26H32ClN3O3/c1-4-5-11-22(31)18-30(16-17-32-3)19-24-25(20-9-7-6-8-10-20)28-29(2)26(24)33-23-14-12-21(27)13-15-23/h4,6-10,12-15,22,31H,1,5,11,16-19H2,2-3H3/t22-/m1/s1. The maximum Gasteiger partial charge on any atom is 0.222 e. The molecule has 0 radical (unpaired) electrons. The van der Waals surface area contributed by atoms with E-state index in [4.69, 9.17) is 26.2 Å². The summed E-state index contributed by atoms with van der Waals surface area (Å²) in [5.41, 5.74) is 2.81. The van der Waals surface area contributed by atoms with Gasteiger partial charge in [0.2, 0.25) is 5.88 Å². The topological polar surface area (TPSA) is 59.8 Å². The summed E-state index contributed by atoms with van der Waals surface area (Å²) < 4.78 is 13.4. The minimum absolute atomic E-state index is 0.461. The number of aliphatic hydroxyl groups is 1. The van der Waals surface area contributed by atoms with Crippen molar-refractivity contribution in [1.82, 2.24) is 14.7 Å². The average Bonchev–Trinajstić information content (AvgIpc) is 3.13. The van der Waals surface area contributed by atoms with Gasteiger partial charge in [-0.1, -0.05) is 48.0 Å². The monoisotopic (exact) mass is 469 g/mol. The second kappa shape index (κ2) is 12.6. The summed E-state index contributed by atoms with van der Waals surface area (Å²) in [6.07, 6.45) is 2.80. The number of allylic oxidation sites excluding steroid dienone is 1. The highest BCUT2D eigenvalue weighted by Crippen LogP contribution is 2.34. The highest BCUT2D eigenvalue weighted by atomic mass is 35.5. The van der Waals surface area contributed by atoms with Crippen molar-refractivity contribution in [3.05, 3.63) is 77.8 Å². The molecule has 3 aromatic rings. The molecule has 1 N–H and O–H groups in total. The van der Waals surface area contributed by atoms with Crippen LogP contribution in [0.1, 0.15) is 18.4 Å². The van der Waals surface area contributed by atoms with Crippen molar-refractivity contribution in [3.63, 3.8) is 0 Å². The van der Waals surface area contributed by atoms with Gasteiger partial charge in [0.1, 0.15) is 11.4 Å². The Kier molecular flexibility index (Phi) is 9.51. The van der Waals surface area contributed by atoms with Gasteiger partial charge in [0, 0.05) is 44.4 Å². The lowest BCUT2D eigenvalue weighted by molar-refractivity contribution is 0.0806. The van der Waals surface area contributed by atoms with Gasteiger partial charge in [-0.15, -0.1) is 6.58 Å². The minimum Gasteiger partial charge on any atom is -0.439 e. The van der Waals surface area contributed by atoms with Gasteiger partial charge in [0.05, 0.1) is 18.3 Å². The molecule has 0 saturated heterocycles. The molecule has 6 nitrogen and oxygen atoms in total. The molecule has 0 spiro atoms. The van der Waals surface area contributed by atoms with Crippen LogP contribution in [0, 0.1) is 0 Å². The number of methoxy groups -OCH3 is 1. The molecule has 7 heteroatoms. The van der Waals surface area contributed by atoms with Gasteiger partial charge >= 0.3 is 0 Å². The van der Waals surface area contributed by atoms with Crippen molar-refractivity contribution in [2.45, 2.75) is 25.5 Å². The third-order valence-electron chi connectivity index (χ3n) is 5.33. The molecule has 0 aliphatic heterocycles. The van der Waals surface area contributed by atoms with Crippen molar-refractivity contribution >= 4 is 11.6 Å². The van der Waals surface area contributed by atoms with Crippen LogP contribution in [0.2, 0.25) is 5.02 Å². The van der Waals surface area contributed by atoms with Crippen molar-refractivity contribution in [2.75, 3.05) is 26.8 Å². The lowest BCUT2D eigenvalue weighted by Crippen LogP contribution is -2.34. The van der Waals surface area contributed by atoms with Crippen LogP contribution < -0.4 is 4.74 Å². The van der Waals surface area contributed by atoms with Gasteiger partial charge in [-0.25, -0.2) is 4.68 Å². The van der Waals surface area contributed by atoms with Gasteiger partial charge in [0.15, 0.2) is 0 Å². The molecule has 1 aromatic heterocycles. The zero-order valence-corrected chi connectivity index (χ0v) is 20.0. The molecule has 0 fully saturated rings. The van der Waals surface area contributed by atoms with Crippen LogP contribution in [-0.4, -0.2) is 52.7 Å².